The molecule has 0 aliphatic carbocycles. The molecule has 2 aliphatic rings. The van der Waals surface area contributed by atoms with E-state index in [1.165, 1.54) is 11.3 Å². The van der Waals surface area contributed by atoms with Crippen LogP contribution in [0.1, 0.15) is 58.3 Å². The van der Waals surface area contributed by atoms with E-state index in [4.69, 9.17) is 14.7 Å². The smallest absolute Gasteiger partial charge is 0.350 e. The molecule has 1 unspecified atom stereocenters. The number of hydrogen-bond acceptors (Lipinski definition) is 11. The number of piperidine rings is 2. The van der Waals surface area contributed by atoms with E-state index in [-0.39, 0.29) is 31.1 Å². The number of esters is 1. The molecule has 0 radical (unpaired) electrons. The van der Waals surface area contributed by atoms with Crippen LogP contribution in [-0.4, -0.2) is 87.4 Å². The van der Waals surface area contributed by atoms with Gasteiger partial charge in [0.25, 0.3) is 5.91 Å². The summed E-state index contributed by atoms with van der Waals surface area (Å²) in [5.41, 5.74) is 2.64. The van der Waals surface area contributed by atoms with Gasteiger partial charge < -0.3 is 24.7 Å². The summed E-state index contributed by atoms with van der Waals surface area (Å²) < 4.78 is 5.14. The molecule has 1 amide bonds. The Morgan fingerprint density at radius 3 is 2.56 bits per heavy atom. The van der Waals surface area contributed by atoms with Crippen LogP contribution >= 0.6 is 11.3 Å². The highest BCUT2D eigenvalue weighted by Gasteiger charge is 2.25. The number of aliphatic hydroxyl groups is 2. The Hall–Kier alpha value is -3.61. The zero-order chi connectivity index (χ0) is 28.9. The SMILES string of the molecule is CCOC(=O)c1sc(Nc2nc(-c3ccc(C(=O)N4CCCC(CO)C4)cc3)cc(N3CCC(O)CC3)n2)nc1C. The van der Waals surface area contributed by atoms with Gasteiger partial charge in [0.05, 0.1) is 24.1 Å². The van der Waals surface area contributed by atoms with Crippen LogP contribution in [0.2, 0.25) is 0 Å². The number of carbonyl (C=O) groups is 2. The summed E-state index contributed by atoms with van der Waals surface area (Å²) in [7, 11) is 0. The zero-order valence-corrected chi connectivity index (χ0v) is 24.2. The van der Waals surface area contributed by atoms with Crippen molar-refractivity contribution in [1.82, 2.24) is 19.9 Å². The summed E-state index contributed by atoms with van der Waals surface area (Å²) in [5.74, 6) is 0.721. The molecule has 4 heterocycles. The number of aromatic nitrogens is 3. The quantitative estimate of drug-likeness (QED) is 0.338. The molecule has 2 saturated heterocycles. The molecule has 1 aromatic carbocycles. The van der Waals surface area contributed by atoms with Crippen molar-refractivity contribution < 1.29 is 24.5 Å². The number of aryl methyl sites for hydroxylation is 1. The Labute approximate surface area is 243 Å². The molecule has 5 rings (SSSR count). The zero-order valence-electron chi connectivity index (χ0n) is 23.4. The van der Waals surface area contributed by atoms with E-state index in [9.17, 15) is 19.8 Å². The number of anilines is 3. The first-order valence-electron chi connectivity index (χ1n) is 14.1. The minimum Gasteiger partial charge on any atom is -0.462 e. The lowest BCUT2D eigenvalue weighted by molar-refractivity contribution is 0.0530. The fourth-order valence-electron chi connectivity index (χ4n) is 5.19. The molecule has 3 aromatic rings. The number of thiazole rings is 1. The van der Waals surface area contributed by atoms with Gasteiger partial charge in [0, 0.05) is 50.0 Å². The van der Waals surface area contributed by atoms with Crippen molar-refractivity contribution in [3.63, 3.8) is 0 Å². The van der Waals surface area contributed by atoms with Gasteiger partial charge in [0.15, 0.2) is 5.13 Å². The van der Waals surface area contributed by atoms with Crippen LogP contribution in [0.5, 0.6) is 0 Å². The predicted octanol–water partition coefficient (Wildman–Crippen LogP) is 3.63. The van der Waals surface area contributed by atoms with E-state index >= 15 is 0 Å². The summed E-state index contributed by atoms with van der Waals surface area (Å²) in [6.07, 6.45) is 2.82. The van der Waals surface area contributed by atoms with Crippen molar-refractivity contribution in [3.05, 3.63) is 46.5 Å². The number of nitrogens with zero attached hydrogens (tertiary/aromatic N) is 5. The van der Waals surface area contributed by atoms with E-state index in [1.807, 2.05) is 35.2 Å². The van der Waals surface area contributed by atoms with Gasteiger partial charge in [-0.2, -0.15) is 4.98 Å². The molecule has 2 aromatic heterocycles. The third-order valence-electron chi connectivity index (χ3n) is 7.47. The molecule has 0 saturated carbocycles. The predicted molar refractivity (Wildman–Crippen MR) is 157 cm³/mol. The highest BCUT2D eigenvalue weighted by atomic mass is 32.1. The normalized spacial score (nSPS) is 17.9. The van der Waals surface area contributed by atoms with Crippen LogP contribution in [-0.2, 0) is 4.74 Å². The van der Waals surface area contributed by atoms with Gasteiger partial charge in [-0.3, -0.25) is 10.1 Å². The molecule has 2 fully saturated rings. The first kappa shape index (κ1) is 28.9. The number of hydrogen-bond donors (Lipinski definition) is 3. The van der Waals surface area contributed by atoms with Gasteiger partial charge in [0.1, 0.15) is 10.7 Å². The maximum Gasteiger partial charge on any atom is 0.350 e. The third-order valence-corrected chi connectivity index (χ3v) is 8.52. The molecule has 41 heavy (non-hydrogen) atoms. The average molecular weight is 581 g/mol. The van der Waals surface area contributed by atoms with E-state index in [2.05, 4.69) is 15.2 Å². The van der Waals surface area contributed by atoms with Crippen molar-refractivity contribution in [3.8, 4) is 11.3 Å². The second kappa shape index (κ2) is 12.9. The van der Waals surface area contributed by atoms with Crippen molar-refractivity contribution in [1.29, 1.82) is 0 Å². The third kappa shape index (κ3) is 6.83. The first-order valence-corrected chi connectivity index (χ1v) is 14.9. The summed E-state index contributed by atoms with van der Waals surface area (Å²) in [4.78, 5) is 43.7. The maximum atomic E-state index is 13.1. The lowest BCUT2D eigenvalue weighted by Crippen LogP contribution is -2.40. The second-order valence-electron chi connectivity index (χ2n) is 10.5. The number of amides is 1. The number of ether oxygens (including phenoxy) is 1. The Morgan fingerprint density at radius 2 is 1.85 bits per heavy atom. The number of nitrogens with one attached hydrogen (secondary N) is 1. The average Bonchev–Trinajstić information content (AvgIpc) is 3.36. The van der Waals surface area contributed by atoms with Gasteiger partial charge in [-0.1, -0.05) is 23.5 Å². The Kier molecular flexibility index (Phi) is 9.11. The van der Waals surface area contributed by atoms with Crippen LogP contribution in [0, 0.1) is 12.8 Å². The lowest BCUT2D eigenvalue weighted by atomic mass is 9.98. The van der Waals surface area contributed by atoms with E-state index in [1.54, 1.807) is 13.8 Å². The molecule has 1 atom stereocenters. The van der Waals surface area contributed by atoms with E-state index in [0.717, 1.165) is 18.4 Å². The molecule has 0 bridgehead atoms. The Morgan fingerprint density at radius 1 is 1.10 bits per heavy atom. The number of benzene rings is 1. The molecule has 3 N–H and O–H groups in total. The fraction of sp³-hybridized carbons (Fsp3) is 0.483. The maximum absolute atomic E-state index is 13.1. The summed E-state index contributed by atoms with van der Waals surface area (Å²) >= 11 is 1.18. The molecular formula is C29H36N6O5S. The van der Waals surface area contributed by atoms with E-state index < -0.39 is 5.97 Å². The van der Waals surface area contributed by atoms with Crippen molar-refractivity contribution in [2.24, 2.45) is 5.92 Å². The standard InChI is InChI=1S/C29H36N6O5S/c1-3-40-27(39)25-18(2)30-29(41-25)33-28-31-23(15-24(32-28)34-13-10-22(37)11-14-34)20-6-8-21(9-7-20)26(38)35-12-4-5-19(16-35)17-36/h6-9,15,19,22,36-37H,3-5,10-14,16-17H2,1-2H3,(H,30,31,32,33). The summed E-state index contributed by atoms with van der Waals surface area (Å²) in [6.45, 7) is 6.49. The molecule has 0 spiro atoms. The van der Waals surface area contributed by atoms with Crippen molar-refractivity contribution in [2.45, 2.75) is 45.6 Å². The van der Waals surface area contributed by atoms with Crippen LogP contribution in [0.3, 0.4) is 0 Å². The largest absolute Gasteiger partial charge is 0.462 e. The minimum atomic E-state index is -0.413. The monoisotopic (exact) mass is 580 g/mol. The number of aliphatic hydroxyl groups excluding tert-OH is 2. The Bertz CT molecular complexity index is 1370. The molecule has 12 heteroatoms. The number of carbonyl (C=O) groups excluding carboxylic acids is 2. The van der Waals surface area contributed by atoms with Crippen LogP contribution < -0.4 is 10.2 Å². The van der Waals surface area contributed by atoms with Gasteiger partial charge in [-0.15, -0.1) is 0 Å². The lowest BCUT2D eigenvalue weighted by Gasteiger charge is -2.32. The van der Waals surface area contributed by atoms with Crippen LogP contribution in [0.25, 0.3) is 11.3 Å². The highest BCUT2D eigenvalue weighted by molar-refractivity contribution is 7.17. The molecule has 2 aliphatic heterocycles. The van der Waals surface area contributed by atoms with E-state index in [0.29, 0.717) is 77.7 Å². The Balaban J connectivity index is 1.41. The topological polar surface area (TPSA) is 141 Å². The van der Waals surface area contributed by atoms with Crippen molar-refractivity contribution >= 4 is 40.1 Å². The number of likely N-dealkylation sites (tertiary alicyclic amines) is 1. The molecule has 218 valence electrons. The second-order valence-corrected chi connectivity index (χ2v) is 11.5. The highest BCUT2D eigenvalue weighted by Crippen LogP contribution is 2.30. The number of rotatable bonds is 8. The molecule has 11 nitrogen and oxygen atoms in total. The van der Waals surface area contributed by atoms with Crippen LogP contribution in [0.4, 0.5) is 16.9 Å². The summed E-state index contributed by atoms with van der Waals surface area (Å²) in [6, 6.07) is 9.28. The summed E-state index contributed by atoms with van der Waals surface area (Å²) in [5, 5.41) is 23.2. The fourth-order valence-corrected chi connectivity index (χ4v) is 6.05. The van der Waals surface area contributed by atoms with Gasteiger partial charge in [-0.25, -0.2) is 14.8 Å². The molecular weight excluding hydrogens is 544 g/mol. The minimum absolute atomic E-state index is 0.0381. The van der Waals surface area contributed by atoms with Gasteiger partial charge in [-0.05, 0) is 57.6 Å². The van der Waals surface area contributed by atoms with Crippen LogP contribution in [0.15, 0.2) is 30.3 Å². The van der Waals surface area contributed by atoms with Gasteiger partial charge >= 0.3 is 5.97 Å². The van der Waals surface area contributed by atoms with Crippen molar-refractivity contribution in [2.75, 3.05) is 49.6 Å². The van der Waals surface area contributed by atoms with Gasteiger partial charge in [0.2, 0.25) is 5.95 Å². The first-order chi connectivity index (χ1) is 19.8.